The monoisotopic (exact) mass is 268 g/mol. The average molecular weight is 268 g/mol. The van der Waals surface area contributed by atoms with Crippen molar-refractivity contribution in [3.63, 3.8) is 0 Å². The van der Waals surface area contributed by atoms with Gasteiger partial charge in [-0.3, -0.25) is 14.2 Å². The average Bonchev–Trinajstić information content (AvgIpc) is 2.07. The van der Waals surface area contributed by atoms with E-state index in [1.807, 2.05) is 13.8 Å². The molecule has 0 amide bonds. The SMILES string of the molecule is CC(C)CCC(C(=O)O)C(C(=O)O)P(=O)(O)O. The summed E-state index contributed by atoms with van der Waals surface area (Å²) >= 11 is 0. The molecule has 2 atom stereocenters. The molecule has 0 bridgehead atoms. The third kappa shape index (κ3) is 5.30. The minimum atomic E-state index is -4.98. The summed E-state index contributed by atoms with van der Waals surface area (Å²) in [4.78, 5) is 39.5. The molecule has 0 aliphatic heterocycles. The molecule has 17 heavy (non-hydrogen) atoms. The van der Waals surface area contributed by atoms with Crippen LogP contribution in [0.2, 0.25) is 0 Å². The highest BCUT2D eigenvalue weighted by molar-refractivity contribution is 7.53. The van der Waals surface area contributed by atoms with Crippen LogP contribution in [0.4, 0.5) is 0 Å². The van der Waals surface area contributed by atoms with E-state index in [0.717, 1.165) is 0 Å². The van der Waals surface area contributed by atoms with E-state index in [1.54, 1.807) is 0 Å². The first-order valence-corrected chi connectivity index (χ1v) is 6.76. The summed E-state index contributed by atoms with van der Waals surface area (Å²) in [6.45, 7) is 3.62. The Balaban J connectivity index is 5.06. The van der Waals surface area contributed by atoms with Gasteiger partial charge < -0.3 is 20.0 Å². The summed E-state index contributed by atoms with van der Waals surface area (Å²) in [5, 5.41) is 17.6. The van der Waals surface area contributed by atoms with Crippen LogP contribution in [0.15, 0.2) is 0 Å². The third-order valence-corrected chi connectivity index (χ3v) is 3.67. The van der Waals surface area contributed by atoms with Gasteiger partial charge in [-0.25, -0.2) is 0 Å². The van der Waals surface area contributed by atoms with E-state index in [-0.39, 0.29) is 12.3 Å². The quantitative estimate of drug-likeness (QED) is 0.501. The molecule has 0 heterocycles. The highest BCUT2D eigenvalue weighted by Gasteiger charge is 2.45. The second-order valence-electron chi connectivity index (χ2n) is 4.29. The highest BCUT2D eigenvalue weighted by atomic mass is 31.2. The molecule has 0 saturated heterocycles. The fraction of sp³-hybridized carbons (Fsp3) is 0.778. The number of hydrogen-bond acceptors (Lipinski definition) is 3. The minimum Gasteiger partial charge on any atom is -0.481 e. The van der Waals surface area contributed by atoms with Crippen LogP contribution in [0, 0.1) is 11.8 Å². The second-order valence-corrected chi connectivity index (χ2v) is 6.02. The first-order chi connectivity index (χ1) is 7.57. The molecule has 4 N–H and O–H groups in total. The molecule has 100 valence electrons. The minimum absolute atomic E-state index is 0.0743. The van der Waals surface area contributed by atoms with Gasteiger partial charge in [0.1, 0.15) is 0 Å². The van der Waals surface area contributed by atoms with Crippen LogP contribution in [-0.2, 0) is 14.2 Å². The predicted molar refractivity (Wildman–Crippen MR) is 58.7 cm³/mol. The zero-order valence-electron chi connectivity index (χ0n) is 9.61. The molecular weight excluding hydrogens is 251 g/mol. The van der Waals surface area contributed by atoms with Gasteiger partial charge in [0.05, 0.1) is 5.92 Å². The van der Waals surface area contributed by atoms with Crippen molar-refractivity contribution in [2.75, 3.05) is 0 Å². The zero-order valence-corrected chi connectivity index (χ0v) is 10.5. The molecule has 0 aromatic heterocycles. The molecule has 0 radical (unpaired) electrons. The maximum absolute atomic E-state index is 11.0. The van der Waals surface area contributed by atoms with E-state index >= 15 is 0 Å². The van der Waals surface area contributed by atoms with Crippen LogP contribution < -0.4 is 0 Å². The van der Waals surface area contributed by atoms with E-state index in [2.05, 4.69) is 0 Å². The van der Waals surface area contributed by atoms with Gasteiger partial charge in [-0.15, -0.1) is 0 Å². The van der Waals surface area contributed by atoms with Crippen molar-refractivity contribution in [2.45, 2.75) is 32.3 Å². The van der Waals surface area contributed by atoms with Crippen molar-refractivity contribution in [1.29, 1.82) is 0 Å². The standard InChI is InChI=1S/C9H17O7P/c1-5(2)3-4-6(8(10)11)7(9(12)13)17(14,15)16/h5-7H,3-4H2,1-2H3,(H,10,11)(H,12,13)(H2,14,15,16). The largest absolute Gasteiger partial charge is 0.481 e. The van der Waals surface area contributed by atoms with Crippen molar-refractivity contribution in [3.8, 4) is 0 Å². The van der Waals surface area contributed by atoms with Crippen molar-refractivity contribution in [2.24, 2.45) is 11.8 Å². The van der Waals surface area contributed by atoms with Crippen LogP contribution >= 0.6 is 7.60 Å². The molecule has 8 heteroatoms. The van der Waals surface area contributed by atoms with Crippen LogP contribution in [0.5, 0.6) is 0 Å². The van der Waals surface area contributed by atoms with Crippen molar-refractivity contribution < 1.29 is 34.2 Å². The lowest BCUT2D eigenvalue weighted by atomic mass is 9.95. The van der Waals surface area contributed by atoms with Crippen LogP contribution in [0.1, 0.15) is 26.7 Å². The lowest BCUT2D eigenvalue weighted by Gasteiger charge is -2.21. The second kappa shape index (κ2) is 6.14. The van der Waals surface area contributed by atoms with Crippen molar-refractivity contribution in [3.05, 3.63) is 0 Å². The van der Waals surface area contributed by atoms with Gasteiger partial charge in [-0.1, -0.05) is 20.3 Å². The first-order valence-electron chi connectivity index (χ1n) is 5.08. The molecule has 0 aliphatic carbocycles. The van der Waals surface area contributed by atoms with Gasteiger partial charge >= 0.3 is 19.5 Å². The number of hydrogen-bond donors (Lipinski definition) is 4. The smallest absolute Gasteiger partial charge is 0.340 e. The van der Waals surface area contributed by atoms with Crippen LogP contribution in [0.25, 0.3) is 0 Å². The van der Waals surface area contributed by atoms with Gasteiger partial charge in [0, 0.05) is 0 Å². The maximum Gasteiger partial charge on any atom is 0.340 e. The summed E-state index contributed by atoms with van der Waals surface area (Å²) in [5.41, 5.74) is -2.18. The van der Waals surface area contributed by atoms with E-state index in [4.69, 9.17) is 20.0 Å². The number of carboxylic acids is 2. The molecule has 2 unspecified atom stereocenters. The Kier molecular flexibility index (Phi) is 5.81. The molecule has 0 fully saturated rings. The fourth-order valence-electron chi connectivity index (χ4n) is 1.48. The zero-order chi connectivity index (χ0) is 13.8. The Morgan fingerprint density at radius 3 is 1.76 bits per heavy atom. The summed E-state index contributed by atoms with van der Waals surface area (Å²) < 4.78 is 11.0. The lowest BCUT2D eigenvalue weighted by Crippen LogP contribution is -2.35. The third-order valence-electron chi connectivity index (χ3n) is 2.37. The van der Waals surface area contributed by atoms with Crippen molar-refractivity contribution >= 4 is 19.5 Å². The summed E-state index contributed by atoms with van der Waals surface area (Å²) in [5.74, 6) is -4.73. The molecule has 0 spiro atoms. The summed E-state index contributed by atoms with van der Waals surface area (Å²) in [6.07, 6.45) is 0.315. The molecule has 0 rings (SSSR count). The predicted octanol–water partition coefficient (Wildman–Crippen LogP) is 0.754. The van der Waals surface area contributed by atoms with Gasteiger partial charge in [0.25, 0.3) is 0 Å². The van der Waals surface area contributed by atoms with Gasteiger partial charge in [-0.05, 0) is 12.3 Å². The molecule has 0 aromatic rings. The normalized spacial score (nSPS) is 15.6. The highest BCUT2D eigenvalue weighted by Crippen LogP contribution is 2.46. The Hall–Kier alpha value is -0.910. The molecule has 0 aromatic carbocycles. The molecule has 7 nitrogen and oxygen atoms in total. The number of rotatable bonds is 7. The maximum atomic E-state index is 11.0. The Bertz CT molecular complexity index is 332. The van der Waals surface area contributed by atoms with Gasteiger partial charge in [0.15, 0.2) is 5.66 Å². The Morgan fingerprint density at radius 2 is 1.53 bits per heavy atom. The summed E-state index contributed by atoms with van der Waals surface area (Å²) in [7, 11) is -4.98. The first kappa shape index (κ1) is 16.1. The molecule has 0 aliphatic rings. The Morgan fingerprint density at radius 1 is 1.06 bits per heavy atom. The number of aliphatic carboxylic acids is 2. The van der Waals surface area contributed by atoms with E-state index in [9.17, 15) is 14.2 Å². The lowest BCUT2D eigenvalue weighted by molar-refractivity contribution is -0.148. The molecule has 0 saturated carbocycles. The topological polar surface area (TPSA) is 132 Å². The van der Waals surface area contributed by atoms with Crippen LogP contribution in [-0.4, -0.2) is 37.6 Å². The van der Waals surface area contributed by atoms with E-state index in [0.29, 0.717) is 6.42 Å². The van der Waals surface area contributed by atoms with E-state index < -0.39 is 31.1 Å². The molecular formula is C9H17O7P. The van der Waals surface area contributed by atoms with Gasteiger partial charge in [0.2, 0.25) is 0 Å². The van der Waals surface area contributed by atoms with E-state index in [1.165, 1.54) is 0 Å². The summed E-state index contributed by atoms with van der Waals surface area (Å²) in [6, 6.07) is 0. The Labute approximate surface area is 98.6 Å². The van der Waals surface area contributed by atoms with Gasteiger partial charge in [-0.2, -0.15) is 0 Å². The van der Waals surface area contributed by atoms with Crippen LogP contribution in [0.3, 0.4) is 0 Å². The fourth-order valence-corrected chi connectivity index (χ4v) is 2.51. The van der Waals surface area contributed by atoms with Crippen molar-refractivity contribution in [1.82, 2.24) is 0 Å². The number of carboxylic acid groups (broad SMARTS) is 2. The number of carbonyl (C=O) groups is 2.